The molecule has 0 spiro atoms. The molecule has 1 unspecified atom stereocenters. The smallest absolute Gasteiger partial charge is 0.242 e. The maximum Gasteiger partial charge on any atom is 0.242 e. The molecule has 0 bridgehead atoms. The van der Waals surface area contributed by atoms with Crippen LogP contribution in [0.1, 0.15) is 27.2 Å². The van der Waals surface area contributed by atoms with E-state index in [1.807, 2.05) is 13.8 Å². The van der Waals surface area contributed by atoms with Gasteiger partial charge in [0.25, 0.3) is 0 Å². The average molecular weight is 353 g/mol. The van der Waals surface area contributed by atoms with Crippen molar-refractivity contribution in [2.24, 2.45) is 5.92 Å². The zero-order valence-electron chi connectivity index (χ0n) is 11.1. The number of hydrogen-bond acceptors (Lipinski definition) is 3. The van der Waals surface area contributed by atoms with Gasteiger partial charge < -0.3 is 5.73 Å². The molecule has 0 heterocycles. The van der Waals surface area contributed by atoms with Crippen molar-refractivity contribution < 1.29 is 12.8 Å². The Labute approximate surface area is 121 Å². The quantitative estimate of drug-likeness (QED) is 0.800. The highest BCUT2D eigenvalue weighted by molar-refractivity contribution is 9.10. The van der Waals surface area contributed by atoms with Crippen molar-refractivity contribution in [1.82, 2.24) is 4.72 Å². The van der Waals surface area contributed by atoms with Gasteiger partial charge in [0, 0.05) is 10.5 Å². The number of nitrogens with one attached hydrogen (secondary N) is 1. The fraction of sp³-hybridized carbons (Fsp3) is 0.500. The second-order valence-corrected chi connectivity index (χ2v) is 7.49. The SMILES string of the molecule is CC(C)CC(C)NS(=O)(=O)c1cc(N)c(F)cc1Br. The monoisotopic (exact) mass is 352 g/mol. The number of nitrogens with two attached hydrogens (primary N) is 1. The van der Waals surface area contributed by atoms with Crippen LogP contribution < -0.4 is 10.5 Å². The molecule has 108 valence electrons. The predicted octanol–water partition coefficient (Wildman–Crippen LogP) is 2.88. The van der Waals surface area contributed by atoms with E-state index in [-0.39, 0.29) is 21.1 Å². The molecule has 7 heteroatoms. The minimum atomic E-state index is -3.72. The van der Waals surface area contributed by atoms with E-state index in [0.29, 0.717) is 12.3 Å². The van der Waals surface area contributed by atoms with Crippen molar-refractivity contribution in [3.63, 3.8) is 0 Å². The van der Waals surface area contributed by atoms with Crippen molar-refractivity contribution in [2.75, 3.05) is 5.73 Å². The second-order valence-electron chi connectivity index (χ2n) is 4.96. The predicted molar refractivity (Wildman–Crippen MR) is 77.8 cm³/mol. The average Bonchev–Trinajstić information content (AvgIpc) is 2.20. The van der Waals surface area contributed by atoms with Crippen molar-refractivity contribution >= 4 is 31.6 Å². The first kappa shape index (κ1) is 16.4. The molecule has 0 amide bonds. The van der Waals surface area contributed by atoms with Crippen LogP contribution in [0.3, 0.4) is 0 Å². The first-order valence-corrected chi connectivity index (χ1v) is 8.18. The molecule has 1 atom stereocenters. The van der Waals surface area contributed by atoms with Crippen LogP contribution in [0.2, 0.25) is 0 Å². The zero-order chi connectivity index (χ0) is 14.8. The van der Waals surface area contributed by atoms with E-state index in [1.165, 1.54) is 0 Å². The van der Waals surface area contributed by atoms with E-state index in [9.17, 15) is 12.8 Å². The normalized spacial score (nSPS) is 13.8. The highest BCUT2D eigenvalue weighted by atomic mass is 79.9. The van der Waals surface area contributed by atoms with Crippen LogP contribution in [-0.4, -0.2) is 14.5 Å². The van der Waals surface area contributed by atoms with Gasteiger partial charge in [-0.05, 0) is 47.3 Å². The van der Waals surface area contributed by atoms with E-state index in [0.717, 1.165) is 12.1 Å². The number of sulfonamides is 1. The summed E-state index contributed by atoms with van der Waals surface area (Å²) in [7, 11) is -3.72. The molecule has 0 aromatic heterocycles. The van der Waals surface area contributed by atoms with E-state index in [4.69, 9.17) is 5.73 Å². The summed E-state index contributed by atoms with van der Waals surface area (Å²) < 4.78 is 40.3. The maximum atomic E-state index is 13.2. The van der Waals surface area contributed by atoms with Gasteiger partial charge in [-0.3, -0.25) is 0 Å². The Morgan fingerprint density at radius 3 is 2.47 bits per heavy atom. The topological polar surface area (TPSA) is 72.2 Å². The molecular formula is C12H18BrFN2O2S. The van der Waals surface area contributed by atoms with Crippen molar-refractivity contribution in [3.05, 3.63) is 22.4 Å². The van der Waals surface area contributed by atoms with Crippen LogP contribution in [0.15, 0.2) is 21.5 Å². The lowest BCUT2D eigenvalue weighted by atomic mass is 10.1. The van der Waals surface area contributed by atoms with Crippen LogP contribution >= 0.6 is 15.9 Å². The van der Waals surface area contributed by atoms with Crippen molar-refractivity contribution in [1.29, 1.82) is 0 Å². The standard InChI is InChI=1S/C12H18BrFN2O2S/c1-7(2)4-8(3)16-19(17,18)12-6-11(15)10(14)5-9(12)13/h5-8,16H,4,15H2,1-3H3. The zero-order valence-corrected chi connectivity index (χ0v) is 13.5. The molecule has 0 aliphatic heterocycles. The number of anilines is 1. The Hall–Kier alpha value is -0.660. The summed E-state index contributed by atoms with van der Waals surface area (Å²) in [6, 6.07) is 1.96. The highest BCUT2D eigenvalue weighted by Crippen LogP contribution is 2.27. The third-order valence-electron chi connectivity index (χ3n) is 2.52. The molecule has 0 aliphatic rings. The summed E-state index contributed by atoms with van der Waals surface area (Å²) in [4.78, 5) is -0.0537. The van der Waals surface area contributed by atoms with Gasteiger partial charge >= 0.3 is 0 Å². The Balaban J connectivity index is 3.04. The molecule has 3 N–H and O–H groups in total. The molecule has 0 saturated heterocycles. The number of hydrogen-bond donors (Lipinski definition) is 2. The van der Waals surface area contributed by atoms with Gasteiger partial charge in [-0.15, -0.1) is 0 Å². The van der Waals surface area contributed by atoms with Crippen LogP contribution in [0, 0.1) is 11.7 Å². The van der Waals surface area contributed by atoms with E-state index >= 15 is 0 Å². The first-order valence-electron chi connectivity index (χ1n) is 5.90. The third kappa shape index (κ3) is 4.43. The summed E-state index contributed by atoms with van der Waals surface area (Å²) in [5.41, 5.74) is 5.22. The van der Waals surface area contributed by atoms with E-state index in [2.05, 4.69) is 20.7 Å². The van der Waals surface area contributed by atoms with Crippen LogP contribution in [-0.2, 0) is 10.0 Å². The second kappa shape index (κ2) is 6.19. The van der Waals surface area contributed by atoms with Gasteiger partial charge in [-0.1, -0.05) is 13.8 Å². The van der Waals surface area contributed by atoms with Gasteiger partial charge in [0.15, 0.2) is 0 Å². The molecule has 0 radical (unpaired) electrons. The van der Waals surface area contributed by atoms with Gasteiger partial charge in [0.2, 0.25) is 10.0 Å². The fourth-order valence-corrected chi connectivity index (χ4v) is 4.14. The maximum absolute atomic E-state index is 13.2. The Morgan fingerprint density at radius 1 is 1.37 bits per heavy atom. The summed E-state index contributed by atoms with van der Waals surface area (Å²) in [5.74, 6) is -0.277. The minimum Gasteiger partial charge on any atom is -0.396 e. The van der Waals surface area contributed by atoms with Gasteiger partial charge in [-0.2, -0.15) is 0 Å². The van der Waals surface area contributed by atoms with Gasteiger partial charge in [0.05, 0.1) is 10.6 Å². The molecule has 1 aromatic carbocycles. The van der Waals surface area contributed by atoms with Crippen molar-refractivity contribution in [2.45, 2.75) is 38.1 Å². The fourth-order valence-electron chi connectivity index (χ4n) is 1.83. The molecule has 0 aliphatic carbocycles. The molecule has 4 nitrogen and oxygen atoms in total. The lowest BCUT2D eigenvalue weighted by molar-refractivity contribution is 0.482. The molecular weight excluding hydrogens is 335 g/mol. The number of benzene rings is 1. The van der Waals surface area contributed by atoms with Crippen LogP contribution in [0.25, 0.3) is 0 Å². The number of nitrogen functional groups attached to an aromatic ring is 1. The van der Waals surface area contributed by atoms with E-state index in [1.54, 1.807) is 6.92 Å². The highest BCUT2D eigenvalue weighted by Gasteiger charge is 2.22. The first-order chi connectivity index (χ1) is 8.63. The number of rotatable bonds is 5. The Morgan fingerprint density at radius 2 is 1.95 bits per heavy atom. The largest absolute Gasteiger partial charge is 0.396 e. The molecule has 0 saturated carbocycles. The molecule has 19 heavy (non-hydrogen) atoms. The Kier molecular flexibility index (Phi) is 5.34. The molecule has 0 fully saturated rings. The van der Waals surface area contributed by atoms with E-state index < -0.39 is 15.8 Å². The van der Waals surface area contributed by atoms with Crippen molar-refractivity contribution in [3.8, 4) is 0 Å². The van der Waals surface area contributed by atoms with Gasteiger partial charge in [0.1, 0.15) is 5.82 Å². The third-order valence-corrected chi connectivity index (χ3v) is 5.07. The van der Waals surface area contributed by atoms with Crippen LogP contribution in [0.5, 0.6) is 0 Å². The van der Waals surface area contributed by atoms with Gasteiger partial charge in [-0.25, -0.2) is 17.5 Å². The summed E-state index contributed by atoms with van der Waals surface area (Å²) in [6.45, 7) is 5.81. The minimum absolute atomic E-state index is 0.0537. The summed E-state index contributed by atoms with van der Waals surface area (Å²) in [6.07, 6.45) is 0.716. The molecule has 1 aromatic rings. The number of halogens is 2. The van der Waals surface area contributed by atoms with Crippen LogP contribution in [0.4, 0.5) is 10.1 Å². The summed E-state index contributed by atoms with van der Waals surface area (Å²) in [5, 5.41) is 0. The molecule has 1 rings (SSSR count). The lowest BCUT2D eigenvalue weighted by Gasteiger charge is -2.17. The summed E-state index contributed by atoms with van der Waals surface area (Å²) >= 11 is 3.04. The Bertz CT molecular complexity index is 561. The lowest BCUT2D eigenvalue weighted by Crippen LogP contribution is -2.33.